The van der Waals surface area contributed by atoms with Gasteiger partial charge in [-0.25, -0.2) is 0 Å². The van der Waals surface area contributed by atoms with Gasteiger partial charge in [0.2, 0.25) is 0 Å². The molecule has 0 radical (unpaired) electrons. The molecule has 1 N–H and O–H groups in total. The van der Waals surface area contributed by atoms with E-state index in [4.69, 9.17) is 0 Å². The molecule has 3 rings (SSSR count). The quantitative estimate of drug-likeness (QED) is 0.725. The normalized spacial score (nSPS) is 25.7. The van der Waals surface area contributed by atoms with Crippen LogP contribution in [0.2, 0.25) is 0 Å². The van der Waals surface area contributed by atoms with Crippen LogP contribution in [0.25, 0.3) is 5.57 Å². The average molecular weight is 238 g/mol. The number of rotatable bonds is 0. The van der Waals surface area contributed by atoms with E-state index in [1.807, 2.05) is 0 Å². The fourth-order valence-corrected chi connectivity index (χ4v) is 3.01. The van der Waals surface area contributed by atoms with Crippen LogP contribution in [0.4, 0.5) is 0 Å². The Morgan fingerprint density at radius 2 is 1.83 bits per heavy atom. The number of aryl methyl sites for hydroxylation is 1. The first-order chi connectivity index (χ1) is 8.58. The summed E-state index contributed by atoms with van der Waals surface area (Å²) in [5.41, 5.74) is 7.24. The van der Waals surface area contributed by atoms with Crippen LogP contribution in [0.15, 0.2) is 47.6 Å². The van der Waals surface area contributed by atoms with Gasteiger partial charge in [0.1, 0.15) is 0 Å². The maximum Gasteiger partial charge on any atom is 0.0899 e. The topological polar surface area (TPSA) is 20.2 Å². The first-order valence-corrected chi connectivity index (χ1v) is 6.44. The Morgan fingerprint density at radius 3 is 2.61 bits per heavy atom. The van der Waals surface area contributed by atoms with Gasteiger partial charge in [0.05, 0.1) is 6.10 Å². The number of allylic oxidation sites excluding steroid dienone is 4. The van der Waals surface area contributed by atoms with E-state index in [1.54, 1.807) is 0 Å². The van der Waals surface area contributed by atoms with E-state index in [1.165, 1.54) is 27.8 Å². The molecule has 2 unspecified atom stereocenters. The highest BCUT2D eigenvalue weighted by Crippen LogP contribution is 2.44. The Balaban J connectivity index is 2.24. The first-order valence-electron chi connectivity index (χ1n) is 6.44. The SMILES string of the molecule is CC1=CC2C(=C(C)c3ccc(C)cc3C2O)C=C1. The molecule has 1 aromatic rings. The van der Waals surface area contributed by atoms with Crippen LogP contribution in [0, 0.1) is 12.8 Å². The molecule has 0 heterocycles. The van der Waals surface area contributed by atoms with Crippen LogP contribution in [0.3, 0.4) is 0 Å². The predicted octanol–water partition coefficient (Wildman–Crippen LogP) is 3.95. The van der Waals surface area contributed by atoms with Crippen molar-refractivity contribution in [2.45, 2.75) is 26.9 Å². The van der Waals surface area contributed by atoms with E-state index in [0.29, 0.717) is 0 Å². The molecule has 0 amide bonds. The number of hydrogen-bond donors (Lipinski definition) is 1. The molecule has 92 valence electrons. The minimum Gasteiger partial charge on any atom is -0.387 e. The lowest BCUT2D eigenvalue weighted by Gasteiger charge is -2.33. The van der Waals surface area contributed by atoms with E-state index < -0.39 is 6.10 Å². The summed E-state index contributed by atoms with van der Waals surface area (Å²) in [6, 6.07) is 6.36. The zero-order valence-corrected chi connectivity index (χ0v) is 11.1. The second kappa shape index (κ2) is 3.96. The third-order valence-electron chi connectivity index (χ3n) is 4.03. The molecule has 0 spiro atoms. The van der Waals surface area contributed by atoms with Crippen LogP contribution in [0.5, 0.6) is 0 Å². The van der Waals surface area contributed by atoms with Gasteiger partial charge >= 0.3 is 0 Å². The van der Waals surface area contributed by atoms with E-state index in [9.17, 15) is 5.11 Å². The maximum absolute atomic E-state index is 10.6. The second-order valence-corrected chi connectivity index (χ2v) is 5.39. The van der Waals surface area contributed by atoms with Gasteiger partial charge in [-0.2, -0.15) is 0 Å². The summed E-state index contributed by atoms with van der Waals surface area (Å²) in [5.74, 6) is 0.115. The van der Waals surface area contributed by atoms with Gasteiger partial charge in [0, 0.05) is 5.92 Å². The van der Waals surface area contributed by atoms with Gasteiger partial charge < -0.3 is 5.11 Å². The number of aliphatic hydroxyl groups excluding tert-OH is 1. The number of aliphatic hydroxyl groups is 1. The summed E-state index contributed by atoms with van der Waals surface area (Å²) in [6.45, 7) is 6.31. The highest BCUT2D eigenvalue weighted by Gasteiger charge is 2.31. The highest BCUT2D eigenvalue weighted by molar-refractivity contribution is 5.76. The van der Waals surface area contributed by atoms with Crippen molar-refractivity contribution in [3.05, 3.63) is 64.3 Å². The van der Waals surface area contributed by atoms with Gasteiger partial charge in [0.15, 0.2) is 0 Å². The zero-order valence-electron chi connectivity index (χ0n) is 11.1. The lowest BCUT2D eigenvalue weighted by molar-refractivity contribution is 0.145. The summed E-state index contributed by atoms with van der Waals surface area (Å²) in [5, 5.41) is 10.6. The monoisotopic (exact) mass is 238 g/mol. The van der Waals surface area contributed by atoms with Crippen molar-refractivity contribution in [1.29, 1.82) is 0 Å². The third-order valence-corrected chi connectivity index (χ3v) is 4.03. The fraction of sp³-hybridized carbons (Fsp3) is 0.294. The molecular weight excluding hydrogens is 220 g/mol. The molecular formula is C17H18O. The molecule has 0 saturated heterocycles. The van der Waals surface area contributed by atoms with Gasteiger partial charge in [0.25, 0.3) is 0 Å². The van der Waals surface area contributed by atoms with Crippen LogP contribution in [0.1, 0.15) is 36.6 Å². The summed E-state index contributed by atoms with van der Waals surface area (Å²) in [7, 11) is 0. The maximum atomic E-state index is 10.6. The fourth-order valence-electron chi connectivity index (χ4n) is 3.01. The van der Waals surface area contributed by atoms with E-state index in [2.05, 4.69) is 57.2 Å². The van der Waals surface area contributed by atoms with Crippen LogP contribution in [-0.4, -0.2) is 5.11 Å². The molecule has 0 bridgehead atoms. The molecule has 2 atom stereocenters. The molecule has 0 fully saturated rings. The molecule has 1 heteroatoms. The van der Waals surface area contributed by atoms with Crippen molar-refractivity contribution < 1.29 is 5.11 Å². The second-order valence-electron chi connectivity index (χ2n) is 5.39. The summed E-state index contributed by atoms with van der Waals surface area (Å²) in [4.78, 5) is 0. The molecule has 1 aromatic carbocycles. The highest BCUT2D eigenvalue weighted by atomic mass is 16.3. The Hall–Kier alpha value is -1.60. The van der Waals surface area contributed by atoms with Crippen molar-refractivity contribution in [3.63, 3.8) is 0 Å². The van der Waals surface area contributed by atoms with Crippen LogP contribution in [-0.2, 0) is 0 Å². The minimum absolute atomic E-state index is 0.115. The van der Waals surface area contributed by atoms with E-state index in [-0.39, 0.29) is 5.92 Å². The summed E-state index contributed by atoms with van der Waals surface area (Å²) >= 11 is 0. The van der Waals surface area contributed by atoms with Crippen molar-refractivity contribution in [1.82, 2.24) is 0 Å². The van der Waals surface area contributed by atoms with E-state index >= 15 is 0 Å². The summed E-state index contributed by atoms with van der Waals surface area (Å²) in [6.07, 6.45) is 6.04. The van der Waals surface area contributed by atoms with Crippen molar-refractivity contribution >= 4 is 5.57 Å². The molecule has 0 aliphatic heterocycles. The standard InChI is InChI=1S/C17H18O/c1-10-4-6-13-12(3)14-7-5-11(2)9-16(14)17(18)15(13)8-10/h4-9,15,17-18H,1-3H3. The molecule has 2 aliphatic rings. The van der Waals surface area contributed by atoms with Crippen molar-refractivity contribution in [3.8, 4) is 0 Å². The lowest BCUT2D eigenvalue weighted by atomic mass is 9.74. The largest absolute Gasteiger partial charge is 0.387 e. The van der Waals surface area contributed by atoms with Crippen LogP contribution < -0.4 is 0 Å². The number of hydrogen-bond acceptors (Lipinski definition) is 1. The number of benzene rings is 1. The Kier molecular flexibility index (Phi) is 2.53. The summed E-state index contributed by atoms with van der Waals surface area (Å²) < 4.78 is 0. The van der Waals surface area contributed by atoms with Crippen LogP contribution >= 0.6 is 0 Å². The first kappa shape index (κ1) is 11.5. The number of fused-ring (bicyclic) bond motifs is 2. The lowest BCUT2D eigenvalue weighted by Crippen LogP contribution is -2.21. The third kappa shape index (κ3) is 1.58. The smallest absolute Gasteiger partial charge is 0.0899 e. The molecule has 0 saturated carbocycles. The molecule has 0 aromatic heterocycles. The zero-order chi connectivity index (χ0) is 12.9. The van der Waals surface area contributed by atoms with Gasteiger partial charge in [-0.05, 0) is 43.0 Å². The predicted molar refractivity (Wildman–Crippen MR) is 75.1 cm³/mol. The molecule has 1 nitrogen and oxygen atoms in total. The van der Waals surface area contributed by atoms with Crippen molar-refractivity contribution in [2.75, 3.05) is 0 Å². The van der Waals surface area contributed by atoms with Crippen molar-refractivity contribution in [2.24, 2.45) is 5.92 Å². The van der Waals surface area contributed by atoms with E-state index in [0.717, 1.165) is 5.56 Å². The van der Waals surface area contributed by atoms with Gasteiger partial charge in [-0.1, -0.05) is 47.6 Å². The molecule has 18 heavy (non-hydrogen) atoms. The molecule has 2 aliphatic carbocycles. The average Bonchev–Trinajstić information content (AvgIpc) is 2.35. The van der Waals surface area contributed by atoms with Gasteiger partial charge in [-0.15, -0.1) is 0 Å². The minimum atomic E-state index is -0.418. The Labute approximate surface area is 108 Å². The van der Waals surface area contributed by atoms with Gasteiger partial charge in [-0.3, -0.25) is 0 Å². The Bertz CT molecular complexity index is 602. The Morgan fingerprint density at radius 1 is 1.06 bits per heavy atom.